The molecule has 0 aromatic heterocycles. The number of hydrogen-bond acceptors (Lipinski definition) is 4. The van der Waals surface area contributed by atoms with E-state index < -0.39 is 39.7 Å². The normalized spacial score (nSPS) is 39.0. The quantitative estimate of drug-likeness (QED) is 0.354. The van der Waals surface area contributed by atoms with Crippen LogP contribution in [-0.2, 0) is 4.52 Å². The van der Waals surface area contributed by atoms with E-state index in [0.29, 0.717) is 0 Å². The minimum atomic E-state index is -9.00. The van der Waals surface area contributed by atoms with Crippen molar-refractivity contribution in [3.8, 4) is 0 Å². The molecule has 1 heterocycles. The molecule has 104 valence electrons. The molecule has 0 radical (unpaired) electrons. The fourth-order valence-electron chi connectivity index (χ4n) is 0.842. The van der Waals surface area contributed by atoms with Crippen molar-refractivity contribution < 1.29 is 38.7 Å². The maximum atomic E-state index is 13.3. The second-order valence-corrected chi connectivity index (χ2v) is 8.99. The average Bonchev–Trinajstić information content (AvgIpc) is 2.12. The van der Waals surface area contributed by atoms with Crippen molar-refractivity contribution in [2.45, 2.75) is 6.92 Å². The molecule has 4 nitrogen and oxygen atoms in total. The Kier molecular flexibility index (Phi) is 3.59. The first-order valence-electron chi connectivity index (χ1n) is 3.73. The van der Waals surface area contributed by atoms with E-state index in [1.165, 1.54) is 0 Å². The van der Waals surface area contributed by atoms with Crippen molar-refractivity contribution in [3.05, 3.63) is 0 Å². The van der Waals surface area contributed by atoms with E-state index >= 15 is 0 Å². The van der Waals surface area contributed by atoms with Gasteiger partial charge in [-0.1, -0.05) is 0 Å². The van der Waals surface area contributed by atoms with Crippen LogP contribution < -0.4 is 0 Å². The molecule has 1 aliphatic rings. The summed E-state index contributed by atoms with van der Waals surface area (Å²) >= 11 is 0. The van der Waals surface area contributed by atoms with Gasteiger partial charge in [-0.2, -0.15) is 0 Å². The molecule has 1 aliphatic heterocycles. The van der Waals surface area contributed by atoms with Crippen molar-refractivity contribution in [2.24, 2.45) is 4.52 Å². The molecule has 0 bridgehead atoms. The van der Waals surface area contributed by atoms with Crippen LogP contribution in [0.5, 0.6) is 0 Å². The Morgan fingerprint density at radius 1 is 1.29 bits per heavy atom. The van der Waals surface area contributed by atoms with E-state index in [1.807, 2.05) is 0 Å². The van der Waals surface area contributed by atoms with E-state index in [0.717, 1.165) is 6.92 Å². The van der Waals surface area contributed by atoms with Crippen LogP contribution in [0.3, 0.4) is 0 Å². The maximum absolute atomic E-state index is 13.3. The molecule has 0 N–H and O–H groups in total. The first-order chi connectivity index (χ1) is 7.36. The summed E-state index contributed by atoms with van der Waals surface area (Å²) in [6, 6.07) is 0. The molecule has 0 saturated carbocycles. The number of halogens is 8. The van der Waals surface area contributed by atoms with Gasteiger partial charge in [0.15, 0.2) is 0 Å². The zero-order chi connectivity index (χ0) is 13.7. The van der Waals surface area contributed by atoms with Crippen LogP contribution in [0, 0.1) is 0 Å². The van der Waals surface area contributed by atoms with Crippen molar-refractivity contribution in [3.63, 3.8) is 0 Å². The van der Waals surface area contributed by atoms with Gasteiger partial charge in [0.05, 0.1) is 0 Å². The first kappa shape index (κ1) is 15.5. The Bertz CT molecular complexity index is 380. The molecule has 1 rings (SSSR count). The number of rotatable bonds is 2. The molecule has 17 heavy (non-hydrogen) atoms. The summed E-state index contributed by atoms with van der Waals surface area (Å²) < 4.78 is 102. The topological polar surface area (TPSA) is 28.1 Å². The van der Waals surface area contributed by atoms with Gasteiger partial charge in [0, 0.05) is 0 Å². The Morgan fingerprint density at radius 3 is 2.18 bits per heavy atom. The standard InChI is InChI=1S/C2H5F8N3OP3/c1-2-14-16(7)11-15(5,6)12(3)17(8,9,10)13(16)4/h2H2,1H3/q+1. The molecule has 0 aromatic rings. The van der Waals surface area contributed by atoms with Crippen molar-refractivity contribution >= 4 is 23.8 Å². The minimum absolute atomic E-state index is 0.826. The second kappa shape index (κ2) is 3.95. The molecule has 0 spiro atoms. The Morgan fingerprint density at radius 2 is 1.76 bits per heavy atom. The summed E-state index contributed by atoms with van der Waals surface area (Å²) in [6.07, 6.45) is 0. The molecule has 1 unspecified atom stereocenters. The molecule has 0 aliphatic carbocycles. The van der Waals surface area contributed by atoms with Crippen molar-refractivity contribution in [2.75, 3.05) is 6.61 Å². The van der Waals surface area contributed by atoms with E-state index in [9.17, 15) is 34.1 Å². The van der Waals surface area contributed by atoms with Crippen LogP contribution >= 0.6 is 23.8 Å². The van der Waals surface area contributed by atoms with Crippen LogP contribution in [0.25, 0.3) is 0 Å². The Balaban J connectivity index is 3.47. The van der Waals surface area contributed by atoms with Gasteiger partial charge in [-0.3, -0.25) is 0 Å². The van der Waals surface area contributed by atoms with E-state index in [1.54, 1.807) is 4.52 Å². The molecule has 15 heteroatoms. The SMILES string of the molecule is CCOP1(F)=N[P+](F)(F)N(F)P(F)(F)(F)N1F. The van der Waals surface area contributed by atoms with Gasteiger partial charge in [0.25, 0.3) is 0 Å². The number of hydrogen-bond donors (Lipinski definition) is 0. The van der Waals surface area contributed by atoms with Gasteiger partial charge in [0.2, 0.25) is 0 Å². The van der Waals surface area contributed by atoms with E-state index in [-0.39, 0.29) is 0 Å². The zero-order valence-electron chi connectivity index (χ0n) is 7.82. The van der Waals surface area contributed by atoms with Crippen LogP contribution in [0.1, 0.15) is 6.92 Å². The third-order valence-electron chi connectivity index (χ3n) is 1.44. The fraction of sp³-hybridized carbons (Fsp3) is 1.00. The monoisotopic (exact) mass is 332 g/mol. The van der Waals surface area contributed by atoms with Crippen LogP contribution in [0.15, 0.2) is 4.52 Å². The fourth-order valence-corrected chi connectivity index (χ4v) is 7.35. The van der Waals surface area contributed by atoms with Crippen molar-refractivity contribution in [1.82, 2.24) is 9.33 Å². The Labute approximate surface area is 90.8 Å². The van der Waals surface area contributed by atoms with Gasteiger partial charge in [-0.15, -0.1) is 0 Å². The van der Waals surface area contributed by atoms with Crippen LogP contribution in [0.4, 0.5) is 34.1 Å². The van der Waals surface area contributed by atoms with E-state index in [4.69, 9.17) is 0 Å². The molecule has 0 aromatic carbocycles. The van der Waals surface area contributed by atoms with Gasteiger partial charge < -0.3 is 0 Å². The third-order valence-corrected chi connectivity index (χ3v) is 8.62. The summed E-state index contributed by atoms with van der Waals surface area (Å²) in [7, 11) is -21.9. The summed E-state index contributed by atoms with van der Waals surface area (Å²) in [6.45, 7) is 0.125. The summed E-state index contributed by atoms with van der Waals surface area (Å²) in [4.78, 5) is 0. The predicted molar refractivity (Wildman–Crippen MR) is 47.4 cm³/mol. The second-order valence-electron chi connectivity index (χ2n) is 2.65. The molecular weight excluding hydrogens is 327 g/mol. The molecule has 1 atom stereocenters. The van der Waals surface area contributed by atoms with Gasteiger partial charge in [0.1, 0.15) is 0 Å². The zero-order valence-corrected chi connectivity index (χ0v) is 10.5. The van der Waals surface area contributed by atoms with Gasteiger partial charge >= 0.3 is 89.8 Å². The predicted octanol–water partition coefficient (Wildman–Crippen LogP) is 5.98. The summed E-state index contributed by atoms with van der Waals surface area (Å²) in [5.41, 5.74) is 0. The first-order valence-corrected chi connectivity index (χ1v) is 8.52. The average molecular weight is 332 g/mol. The Hall–Kier alpha value is 0.410. The molecule has 0 fully saturated rings. The summed E-state index contributed by atoms with van der Waals surface area (Å²) in [5.74, 6) is 0. The van der Waals surface area contributed by atoms with Crippen molar-refractivity contribution in [1.29, 1.82) is 0 Å². The van der Waals surface area contributed by atoms with Crippen LogP contribution in [-0.4, -0.2) is 15.9 Å². The molecule has 0 amide bonds. The summed E-state index contributed by atoms with van der Waals surface area (Å²) in [5, 5.41) is 0. The molecule has 0 saturated heterocycles. The van der Waals surface area contributed by atoms with E-state index in [2.05, 4.69) is 4.52 Å². The van der Waals surface area contributed by atoms with Gasteiger partial charge in [-0.25, -0.2) is 0 Å². The van der Waals surface area contributed by atoms with Gasteiger partial charge in [-0.05, 0) is 0 Å². The number of nitrogens with zero attached hydrogens (tertiary/aromatic N) is 3. The van der Waals surface area contributed by atoms with Crippen LogP contribution in [0.2, 0.25) is 0 Å². The molecular formula is C2H5F8N3OP3+. The third kappa shape index (κ3) is 2.31.